The lowest BCUT2D eigenvalue weighted by molar-refractivity contribution is 0.912. The van der Waals surface area contributed by atoms with Crippen molar-refractivity contribution in [3.8, 4) is 0 Å². The summed E-state index contributed by atoms with van der Waals surface area (Å²) in [6, 6.07) is 14.8. The van der Waals surface area contributed by atoms with Gasteiger partial charge >= 0.3 is 0 Å². The summed E-state index contributed by atoms with van der Waals surface area (Å²) in [5.41, 5.74) is 12.1. The minimum atomic E-state index is 0.344. The fourth-order valence-electron chi connectivity index (χ4n) is 2.51. The minimum Gasteiger partial charge on any atom is -0.398 e. The van der Waals surface area contributed by atoms with Gasteiger partial charge in [-0.05, 0) is 42.2 Å². The maximum absolute atomic E-state index is 6.16. The number of rotatable bonds is 2. The van der Waals surface area contributed by atoms with E-state index in [1.54, 1.807) is 0 Å². The summed E-state index contributed by atoms with van der Waals surface area (Å²) in [6.45, 7) is 6.43. The van der Waals surface area contributed by atoms with Gasteiger partial charge in [0.2, 0.25) is 0 Å². The van der Waals surface area contributed by atoms with Gasteiger partial charge in [-0.1, -0.05) is 43.3 Å². The molecule has 0 bridgehead atoms. The topological polar surface area (TPSA) is 26.0 Å². The summed E-state index contributed by atoms with van der Waals surface area (Å²) in [5.74, 6) is 0.344. The Bertz CT molecular complexity index is 491. The van der Waals surface area contributed by atoms with E-state index in [1.165, 1.54) is 22.3 Å². The first kappa shape index (κ1) is 11.7. The third kappa shape index (κ3) is 2.33. The smallest absolute Gasteiger partial charge is 0.0358 e. The molecule has 0 radical (unpaired) electrons. The summed E-state index contributed by atoms with van der Waals surface area (Å²) in [7, 11) is 0. The molecular formula is C16H19N. The summed E-state index contributed by atoms with van der Waals surface area (Å²) in [6.07, 6.45) is 0. The first-order valence-corrected chi connectivity index (χ1v) is 6.01. The van der Waals surface area contributed by atoms with Crippen LogP contribution in [-0.4, -0.2) is 0 Å². The number of hydrogen-bond acceptors (Lipinski definition) is 1. The van der Waals surface area contributed by atoms with Crippen LogP contribution in [0, 0.1) is 13.8 Å². The highest BCUT2D eigenvalue weighted by molar-refractivity contribution is 5.56. The molecule has 17 heavy (non-hydrogen) atoms. The molecule has 0 saturated heterocycles. The first-order chi connectivity index (χ1) is 8.09. The van der Waals surface area contributed by atoms with Crippen LogP contribution in [0.2, 0.25) is 0 Å². The molecule has 0 aliphatic rings. The molecule has 1 atom stereocenters. The molecule has 2 aromatic rings. The second kappa shape index (κ2) is 4.62. The Morgan fingerprint density at radius 2 is 1.65 bits per heavy atom. The van der Waals surface area contributed by atoms with E-state index >= 15 is 0 Å². The summed E-state index contributed by atoms with van der Waals surface area (Å²) < 4.78 is 0. The second-order valence-electron chi connectivity index (χ2n) is 4.72. The normalized spacial score (nSPS) is 12.4. The van der Waals surface area contributed by atoms with E-state index in [-0.39, 0.29) is 0 Å². The molecule has 1 nitrogen and oxygen atoms in total. The van der Waals surface area contributed by atoms with Crippen molar-refractivity contribution in [3.05, 3.63) is 64.7 Å². The zero-order chi connectivity index (χ0) is 12.4. The number of nitrogen functional groups attached to an aromatic ring is 1. The summed E-state index contributed by atoms with van der Waals surface area (Å²) >= 11 is 0. The number of benzene rings is 2. The molecule has 0 aromatic heterocycles. The van der Waals surface area contributed by atoms with Crippen molar-refractivity contribution >= 4 is 5.69 Å². The molecule has 0 fully saturated rings. The Morgan fingerprint density at radius 3 is 2.24 bits per heavy atom. The fourth-order valence-corrected chi connectivity index (χ4v) is 2.51. The van der Waals surface area contributed by atoms with Gasteiger partial charge in [-0.3, -0.25) is 0 Å². The Balaban J connectivity index is 2.48. The van der Waals surface area contributed by atoms with Crippen LogP contribution < -0.4 is 5.73 Å². The van der Waals surface area contributed by atoms with E-state index in [2.05, 4.69) is 57.2 Å². The van der Waals surface area contributed by atoms with Gasteiger partial charge in [-0.15, -0.1) is 0 Å². The van der Waals surface area contributed by atoms with Crippen LogP contribution in [0.5, 0.6) is 0 Å². The molecule has 0 saturated carbocycles. The van der Waals surface area contributed by atoms with E-state index in [1.807, 2.05) is 6.07 Å². The molecule has 2 rings (SSSR count). The Kier molecular flexibility index (Phi) is 3.19. The van der Waals surface area contributed by atoms with Crippen molar-refractivity contribution in [1.82, 2.24) is 0 Å². The highest BCUT2D eigenvalue weighted by Crippen LogP contribution is 2.31. The molecule has 0 heterocycles. The Morgan fingerprint density at radius 1 is 1.00 bits per heavy atom. The maximum atomic E-state index is 6.16. The van der Waals surface area contributed by atoms with E-state index in [4.69, 9.17) is 5.73 Å². The number of anilines is 1. The quantitative estimate of drug-likeness (QED) is 0.767. The standard InChI is InChI=1S/C16H19N/c1-11-9-12(2)16(15(17)10-11)13(3)14-7-5-4-6-8-14/h4-10,13H,17H2,1-3H3. The lowest BCUT2D eigenvalue weighted by Crippen LogP contribution is -2.04. The predicted octanol–water partition coefficient (Wildman–Crippen LogP) is 4.04. The predicted molar refractivity (Wildman–Crippen MR) is 74.3 cm³/mol. The summed E-state index contributed by atoms with van der Waals surface area (Å²) in [5, 5.41) is 0. The molecular weight excluding hydrogens is 206 g/mol. The lowest BCUT2D eigenvalue weighted by Gasteiger charge is -2.18. The van der Waals surface area contributed by atoms with Gasteiger partial charge in [0.05, 0.1) is 0 Å². The zero-order valence-electron chi connectivity index (χ0n) is 10.7. The van der Waals surface area contributed by atoms with Crippen molar-refractivity contribution in [2.45, 2.75) is 26.7 Å². The molecule has 88 valence electrons. The monoisotopic (exact) mass is 225 g/mol. The molecule has 2 N–H and O–H groups in total. The average molecular weight is 225 g/mol. The van der Waals surface area contributed by atoms with E-state index in [0.29, 0.717) is 5.92 Å². The van der Waals surface area contributed by atoms with E-state index < -0.39 is 0 Å². The number of nitrogens with two attached hydrogens (primary N) is 1. The van der Waals surface area contributed by atoms with Crippen molar-refractivity contribution in [2.75, 3.05) is 5.73 Å². The van der Waals surface area contributed by atoms with Gasteiger partial charge in [-0.2, -0.15) is 0 Å². The second-order valence-corrected chi connectivity index (χ2v) is 4.72. The third-order valence-corrected chi connectivity index (χ3v) is 3.30. The maximum Gasteiger partial charge on any atom is 0.0358 e. The highest BCUT2D eigenvalue weighted by Gasteiger charge is 2.14. The van der Waals surface area contributed by atoms with E-state index in [9.17, 15) is 0 Å². The third-order valence-electron chi connectivity index (χ3n) is 3.30. The molecule has 2 aromatic carbocycles. The van der Waals surface area contributed by atoms with Gasteiger partial charge in [0.25, 0.3) is 0 Å². The van der Waals surface area contributed by atoms with Crippen LogP contribution >= 0.6 is 0 Å². The summed E-state index contributed by atoms with van der Waals surface area (Å²) in [4.78, 5) is 0. The van der Waals surface area contributed by atoms with Crippen LogP contribution in [0.4, 0.5) is 5.69 Å². The number of hydrogen-bond donors (Lipinski definition) is 1. The van der Waals surface area contributed by atoms with Crippen LogP contribution in [0.25, 0.3) is 0 Å². The van der Waals surface area contributed by atoms with Crippen LogP contribution in [0.15, 0.2) is 42.5 Å². The first-order valence-electron chi connectivity index (χ1n) is 6.01. The Labute approximate surface area is 103 Å². The van der Waals surface area contributed by atoms with Crippen LogP contribution in [-0.2, 0) is 0 Å². The van der Waals surface area contributed by atoms with Gasteiger partial charge in [0.15, 0.2) is 0 Å². The van der Waals surface area contributed by atoms with Crippen LogP contribution in [0.1, 0.15) is 35.1 Å². The zero-order valence-corrected chi connectivity index (χ0v) is 10.7. The van der Waals surface area contributed by atoms with Crippen molar-refractivity contribution in [1.29, 1.82) is 0 Å². The van der Waals surface area contributed by atoms with Gasteiger partial charge in [-0.25, -0.2) is 0 Å². The molecule has 1 heteroatoms. The molecule has 0 spiro atoms. The lowest BCUT2D eigenvalue weighted by atomic mass is 9.88. The SMILES string of the molecule is Cc1cc(C)c(C(C)c2ccccc2)c(N)c1. The highest BCUT2D eigenvalue weighted by atomic mass is 14.6. The van der Waals surface area contributed by atoms with E-state index in [0.717, 1.165) is 5.69 Å². The van der Waals surface area contributed by atoms with Crippen LogP contribution in [0.3, 0.4) is 0 Å². The van der Waals surface area contributed by atoms with Gasteiger partial charge < -0.3 is 5.73 Å². The van der Waals surface area contributed by atoms with Crippen molar-refractivity contribution in [3.63, 3.8) is 0 Å². The van der Waals surface area contributed by atoms with Gasteiger partial charge in [0.1, 0.15) is 0 Å². The largest absolute Gasteiger partial charge is 0.398 e. The molecule has 0 aliphatic heterocycles. The van der Waals surface area contributed by atoms with Crippen molar-refractivity contribution in [2.24, 2.45) is 0 Å². The minimum absolute atomic E-state index is 0.344. The molecule has 0 amide bonds. The molecule has 1 unspecified atom stereocenters. The van der Waals surface area contributed by atoms with Crippen molar-refractivity contribution < 1.29 is 0 Å². The van der Waals surface area contributed by atoms with Gasteiger partial charge in [0, 0.05) is 11.6 Å². The average Bonchev–Trinajstić information content (AvgIpc) is 2.28. The number of aryl methyl sites for hydroxylation is 2. The Hall–Kier alpha value is -1.76. The fraction of sp³-hybridized carbons (Fsp3) is 0.250. The molecule has 0 aliphatic carbocycles.